The van der Waals surface area contributed by atoms with E-state index in [1.54, 1.807) is 24.3 Å². The molecule has 0 bridgehead atoms. The van der Waals surface area contributed by atoms with Crippen LogP contribution >= 0.6 is 0 Å². The van der Waals surface area contributed by atoms with E-state index in [4.69, 9.17) is 4.74 Å². The first-order valence-electron chi connectivity index (χ1n) is 8.86. The number of hydrogen-bond donors (Lipinski definition) is 0. The van der Waals surface area contributed by atoms with Gasteiger partial charge in [-0.1, -0.05) is 0 Å². The molecule has 0 aromatic heterocycles. The molecule has 0 radical (unpaired) electrons. The van der Waals surface area contributed by atoms with Gasteiger partial charge < -0.3 is 14.4 Å². The summed E-state index contributed by atoms with van der Waals surface area (Å²) in [5.41, 5.74) is -0.796. The Labute approximate surface area is 170 Å². The number of ether oxygens (including phenoxy) is 2. The fourth-order valence-electron chi connectivity index (χ4n) is 3.10. The number of nitro benzene ring substituents is 2. The molecule has 1 atom stereocenters. The zero-order chi connectivity index (χ0) is 21.8. The predicted molar refractivity (Wildman–Crippen MR) is 102 cm³/mol. The highest BCUT2D eigenvalue weighted by atomic mass is 16.6. The molecule has 1 fully saturated rings. The summed E-state index contributed by atoms with van der Waals surface area (Å²) in [4.78, 5) is 46.1. The van der Waals surface area contributed by atoms with E-state index in [0.717, 1.165) is 18.2 Å². The summed E-state index contributed by atoms with van der Waals surface area (Å²) in [5.74, 6) is -0.507. The van der Waals surface area contributed by atoms with Crippen LogP contribution in [0.4, 0.5) is 11.4 Å². The number of carbonyl (C=O) groups is 2. The molecule has 1 aliphatic rings. The molecule has 30 heavy (non-hydrogen) atoms. The molecular weight excluding hydrogens is 398 g/mol. The topological polar surface area (TPSA) is 142 Å². The van der Waals surface area contributed by atoms with Gasteiger partial charge in [0.25, 0.3) is 17.3 Å². The van der Waals surface area contributed by atoms with Gasteiger partial charge in [0.1, 0.15) is 11.9 Å². The van der Waals surface area contributed by atoms with Crippen molar-refractivity contribution in [3.8, 4) is 5.75 Å². The molecule has 0 spiro atoms. The Balaban J connectivity index is 1.69. The molecule has 11 nitrogen and oxygen atoms in total. The van der Waals surface area contributed by atoms with E-state index >= 15 is 0 Å². The molecule has 1 saturated heterocycles. The van der Waals surface area contributed by atoms with E-state index in [2.05, 4.69) is 4.74 Å². The van der Waals surface area contributed by atoms with Gasteiger partial charge in [0, 0.05) is 25.1 Å². The number of hydrogen-bond acceptors (Lipinski definition) is 8. The van der Waals surface area contributed by atoms with E-state index in [1.165, 1.54) is 12.0 Å². The van der Waals surface area contributed by atoms with Gasteiger partial charge in [-0.25, -0.2) is 4.79 Å². The van der Waals surface area contributed by atoms with Crippen molar-refractivity contribution < 1.29 is 28.9 Å². The number of rotatable bonds is 6. The van der Waals surface area contributed by atoms with Gasteiger partial charge in [0.2, 0.25) is 0 Å². The van der Waals surface area contributed by atoms with Crippen molar-refractivity contribution in [3.05, 3.63) is 73.8 Å². The van der Waals surface area contributed by atoms with Crippen LogP contribution in [0.2, 0.25) is 0 Å². The van der Waals surface area contributed by atoms with Crippen molar-refractivity contribution in [2.75, 3.05) is 20.2 Å². The van der Waals surface area contributed by atoms with E-state index in [0.29, 0.717) is 24.3 Å². The summed E-state index contributed by atoms with van der Waals surface area (Å²) in [6, 6.07) is 9.19. The minimum atomic E-state index is -0.780. The summed E-state index contributed by atoms with van der Waals surface area (Å²) < 4.78 is 10.5. The normalized spacial score (nSPS) is 15.5. The molecule has 156 valence electrons. The fourth-order valence-corrected chi connectivity index (χ4v) is 3.10. The molecule has 3 rings (SSSR count). The van der Waals surface area contributed by atoms with Crippen LogP contribution in [-0.4, -0.2) is 52.9 Å². The standard InChI is InChI=1S/C19H17N3O8/c1-29-19(24)12-2-4-16(5-3-12)30-17-6-7-20(11-17)18(23)13-8-14(21(25)26)10-15(9-13)22(27)28/h2-5,8-10,17H,6-7,11H2,1H3. The Morgan fingerprint density at radius 2 is 1.60 bits per heavy atom. The minimum absolute atomic E-state index is 0.126. The average molecular weight is 415 g/mol. The summed E-state index contributed by atoms with van der Waals surface area (Å²) >= 11 is 0. The minimum Gasteiger partial charge on any atom is -0.489 e. The van der Waals surface area contributed by atoms with E-state index in [-0.39, 0.29) is 18.2 Å². The first kappa shape index (κ1) is 20.7. The second-order valence-corrected chi connectivity index (χ2v) is 6.55. The Kier molecular flexibility index (Phi) is 5.90. The highest BCUT2D eigenvalue weighted by molar-refractivity contribution is 5.95. The van der Waals surface area contributed by atoms with Crippen LogP contribution in [0.3, 0.4) is 0 Å². The third kappa shape index (κ3) is 4.51. The third-order valence-corrected chi connectivity index (χ3v) is 4.58. The molecule has 0 aliphatic carbocycles. The second-order valence-electron chi connectivity index (χ2n) is 6.55. The van der Waals surface area contributed by atoms with Crippen molar-refractivity contribution in [3.63, 3.8) is 0 Å². The van der Waals surface area contributed by atoms with E-state index in [9.17, 15) is 29.8 Å². The van der Waals surface area contributed by atoms with Crippen molar-refractivity contribution in [2.24, 2.45) is 0 Å². The zero-order valence-corrected chi connectivity index (χ0v) is 15.8. The molecule has 2 aromatic carbocycles. The quantitative estimate of drug-likeness (QED) is 0.398. The molecule has 1 aliphatic heterocycles. The van der Waals surface area contributed by atoms with Crippen LogP contribution < -0.4 is 4.74 Å². The van der Waals surface area contributed by atoms with Crippen molar-refractivity contribution >= 4 is 23.3 Å². The van der Waals surface area contributed by atoms with Crippen molar-refractivity contribution in [2.45, 2.75) is 12.5 Å². The van der Waals surface area contributed by atoms with Gasteiger partial charge >= 0.3 is 5.97 Å². The fraction of sp³-hybridized carbons (Fsp3) is 0.263. The summed E-state index contributed by atoms with van der Waals surface area (Å²) in [5, 5.41) is 22.0. The summed E-state index contributed by atoms with van der Waals surface area (Å²) in [7, 11) is 1.28. The largest absolute Gasteiger partial charge is 0.489 e. The number of non-ortho nitro benzene ring substituents is 2. The highest BCUT2D eigenvalue weighted by Crippen LogP contribution is 2.26. The Bertz CT molecular complexity index is 973. The third-order valence-electron chi connectivity index (χ3n) is 4.58. The summed E-state index contributed by atoms with van der Waals surface area (Å²) in [6.07, 6.45) is 0.188. The lowest BCUT2D eigenvalue weighted by molar-refractivity contribution is -0.394. The lowest BCUT2D eigenvalue weighted by Gasteiger charge is -2.17. The lowest BCUT2D eigenvalue weighted by Crippen LogP contribution is -2.31. The molecule has 2 aromatic rings. The highest BCUT2D eigenvalue weighted by Gasteiger charge is 2.30. The number of carbonyl (C=O) groups excluding carboxylic acids is 2. The van der Waals surface area contributed by atoms with Gasteiger partial charge in [0.15, 0.2) is 0 Å². The maximum Gasteiger partial charge on any atom is 0.337 e. The Morgan fingerprint density at radius 3 is 2.13 bits per heavy atom. The van der Waals surface area contributed by atoms with Crippen LogP contribution in [-0.2, 0) is 4.74 Å². The molecule has 1 unspecified atom stereocenters. The number of esters is 1. The van der Waals surface area contributed by atoms with E-state index < -0.39 is 33.1 Å². The number of methoxy groups -OCH3 is 1. The van der Waals surface area contributed by atoms with Gasteiger partial charge in [-0.15, -0.1) is 0 Å². The van der Waals surface area contributed by atoms with Gasteiger partial charge in [-0.2, -0.15) is 0 Å². The maximum absolute atomic E-state index is 12.7. The summed E-state index contributed by atoms with van der Waals surface area (Å²) in [6.45, 7) is 0.550. The van der Waals surface area contributed by atoms with Crippen LogP contribution in [0.5, 0.6) is 5.75 Å². The number of likely N-dealkylation sites (tertiary alicyclic amines) is 1. The van der Waals surface area contributed by atoms with E-state index in [1.807, 2.05) is 0 Å². The van der Waals surface area contributed by atoms with Gasteiger partial charge in [-0.3, -0.25) is 25.0 Å². The number of amides is 1. The smallest absolute Gasteiger partial charge is 0.337 e. The van der Waals surface area contributed by atoms with Crippen LogP contribution in [0.25, 0.3) is 0 Å². The van der Waals surface area contributed by atoms with Crippen molar-refractivity contribution in [1.29, 1.82) is 0 Å². The number of benzene rings is 2. The maximum atomic E-state index is 12.7. The SMILES string of the molecule is COC(=O)c1ccc(OC2CCN(C(=O)c3cc([N+](=O)[O-])cc([N+](=O)[O-])c3)C2)cc1. The lowest BCUT2D eigenvalue weighted by atomic mass is 10.1. The number of nitro groups is 2. The molecular formula is C19H17N3O8. The first-order valence-corrected chi connectivity index (χ1v) is 8.86. The van der Waals surface area contributed by atoms with Crippen molar-refractivity contribution in [1.82, 2.24) is 4.90 Å². The predicted octanol–water partition coefficient (Wildman–Crippen LogP) is 2.58. The average Bonchev–Trinajstić information content (AvgIpc) is 3.21. The van der Waals surface area contributed by atoms with Crippen LogP contribution in [0, 0.1) is 20.2 Å². The molecule has 0 saturated carbocycles. The Hall–Kier alpha value is -4.02. The molecule has 1 amide bonds. The molecule has 11 heteroatoms. The Morgan fingerprint density at radius 1 is 1.00 bits per heavy atom. The van der Waals surface area contributed by atoms with Crippen LogP contribution in [0.15, 0.2) is 42.5 Å². The van der Waals surface area contributed by atoms with Gasteiger partial charge in [0.05, 0.1) is 40.7 Å². The second kappa shape index (κ2) is 8.55. The number of nitrogens with zero attached hydrogens (tertiary/aromatic N) is 3. The van der Waals surface area contributed by atoms with Gasteiger partial charge in [-0.05, 0) is 24.3 Å². The van der Waals surface area contributed by atoms with Crippen LogP contribution in [0.1, 0.15) is 27.1 Å². The first-order chi connectivity index (χ1) is 14.3. The molecule has 1 heterocycles. The zero-order valence-electron chi connectivity index (χ0n) is 15.8. The monoisotopic (exact) mass is 415 g/mol. The molecule has 0 N–H and O–H groups in total.